The molecule has 3 heterocycles. The Balaban J connectivity index is 1.84. The van der Waals surface area contributed by atoms with E-state index >= 15 is 0 Å². The molecule has 2 aliphatic rings. The number of fused-ring (bicyclic) bond motifs is 3. The number of nitrogens with zero attached hydrogens (tertiary/aromatic N) is 6. The summed E-state index contributed by atoms with van der Waals surface area (Å²) in [5, 5.41) is 0. The summed E-state index contributed by atoms with van der Waals surface area (Å²) in [5.74, 6) is 0.839. The number of likely N-dealkylation sites (N-methyl/N-ethyl adjacent to an activating group) is 2. The van der Waals surface area contributed by atoms with Gasteiger partial charge in [0.1, 0.15) is 17.6 Å². The number of imidazole rings is 1. The molecular formula is C18H21N6O2+. The van der Waals surface area contributed by atoms with Gasteiger partial charge in [0.2, 0.25) is 11.9 Å². The van der Waals surface area contributed by atoms with Crippen LogP contribution in [0.25, 0.3) is 5.69 Å². The van der Waals surface area contributed by atoms with E-state index in [0.29, 0.717) is 11.8 Å². The Bertz CT molecular complexity index is 957. The minimum atomic E-state index is -0.598. The number of benzene rings is 1. The lowest BCUT2D eigenvalue weighted by molar-refractivity contribution is -0.676. The summed E-state index contributed by atoms with van der Waals surface area (Å²) in [4.78, 5) is 34.1. The summed E-state index contributed by atoms with van der Waals surface area (Å²) in [5.41, 5.74) is 3.03. The van der Waals surface area contributed by atoms with Crippen molar-refractivity contribution in [2.24, 2.45) is 4.99 Å². The topological polar surface area (TPSA) is 65.0 Å². The lowest BCUT2D eigenvalue weighted by Crippen LogP contribution is -2.61. The summed E-state index contributed by atoms with van der Waals surface area (Å²) in [6.07, 6.45) is 1.91. The molecule has 8 heteroatoms. The molecule has 3 amide bonds. The van der Waals surface area contributed by atoms with Crippen molar-refractivity contribution in [2.75, 3.05) is 33.1 Å². The highest BCUT2D eigenvalue weighted by Crippen LogP contribution is 2.31. The number of carbonyl (C=O) groups is 2. The van der Waals surface area contributed by atoms with Crippen LogP contribution in [0.3, 0.4) is 0 Å². The molecule has 0 N–H and O–H groups in total. The predicted octanol–water partition coefficient (Wildman–Crippen LogP) is 1.25. The molecule has 0 bridgehead atoms. The highest BCUT2D eigenvalue weighted by atomic mass is 16.2. The normalized spacial score (nSPS) is 18.8. The SMILES string of the molecule is Cc1c[n+]2c(n1-c1ccc(N(C)C)cc1)N=C1C2C(=O)N(C)C(=O)N1C. The molecule has 4 rings (SSSR count). The van der Waals surface area contributed by atoms with Gasteiger partial charge in [-0.15, -0.1) is 0 Å². The van der Waals surface area contributed by atoms with Crippen LogP contribution in [-0.4, -0.2) is 60.3 Å². The van der Waals surface area contributed by atoms with E-state index in [4.69, 9.17) is 0 Å². The van der Waals surface area contributed by atoms with E-state index in [2.05, 4.69) is 4.99 Å². The Labute approximate surface area is 151 Å². The first-order valence-electron chi connectivity index (χ1n) is 8.36. The summed E-state index contributed by atoms with van der Waals surface area (Å²) in [6, 6.07) is 7.15. The first kappa shape index (κ1) is 16.3. The van der Waals surface area contributed by atoms with Crippen molar-refractivity contribution in [3.8, 4) is 5.69 Å². The standard InChI is InChI=1S/C18H21N6O2/c1-11-10-23-14-15(21(4)18(26)22(5)16(14)25)19-17(23)24(11)13-8-6-12(7-9-13)20(2)3/h6-10,14H,1-5H3/q+1. The molecule has 2 aromatic rings. The fourth-order valence-corrected chi connectivity index (χ4v) is 3.48. The number of hydrogen-bond acceptors (Lipinski definition) is 4. The number of carbonyl (C=O) groups excluding carboxylic acids is 2. The molecule has 1 aromatic carbocycles. The van der Waals surface area contributed by atoms with Crippen LogP contribution >= 0.6 is 0 Å². The number of amidine groups is 1. The molecule has 0 saturated carbocycles. The summed E-state index contributed by atoms with van der Waals surface area (Å²) < 4.78 is 3.84. The molecule has 1 aromatic heterocycles. The Morgan fingerprint density at radius 2 is 1.73 bits per heavy atom. The predicted molar refractivity (Wildman–Crippen MR) is 97.1 cm³/mol. The van der Waals surface area contributed by atoms with Gasteiger partial charge in [0, 0.05) is 33.9 Å². The van der Waals surface area contributed by atoms with Crippen LogP contribution in [0.4, 0.5) is 16.4 Å². The minimum Gasteiger partial charge on any atom is -0.378 e. The number of imide groups is 1. The summed E-state index contributed by atoms with van der Waals surface area (Å²) in [6.45, 7) is 1.98. The number of aryl methyl sites for hydroxylation is 1. The third-order valence-corrected chi connectivity index (χ3v) is 4.95. The zero-order valence-corrected chi connectivity index (χ0v) is 15.5. The molecule has 0 spiro atoms. The molecular weight excluding hydrogens is 332 g/mol. The molecule has 0 aliphatic carbocycles. The molecule has 1 atom stereocenters. The monoisotopic (exact) mass is 353 g/mol. The van der Waals surface area contributed by atoms with Crippen LogP contribution in [-0.2, 0) is 4.79 Å². The van der Waals surface area contributed by atoms with Gasteiger partial charge >= 0.3 is 12.0 Å². The van der Waals surface area contributed by atoms with Crippen LogP contribution in [0.1, 0.15) is 11.7 Å². The Morgan fingerprint density at radius 3 is 2.35 bits per heavy atom. The maximum absolute atomic E-state index is 12.7. The molecule has 8 nitrogen and oxygen atoms in total. The van der Waals surface area contributed by atoms with Gasteiger partial charge in [0.15, 0.2) is 0 Å². The number of amides is 3. The van der Waals surface area contributed by atoms with Crippen LogP contribution in [0.2, 0.25) is 0 Å². The summed E-state index contributed by atoms with van der Waals surface area (Å²) >= 11 is 0. The lowest BCUT2D eigenvalue weighted by atomic mass is 10.2. The molecule has 0 radical (unpaired) electrons. The Morgan fingerprint density at radius 1 is 1.08 bits per heavy atom. The zero-order valence-electron chi connectivity index (χ0n) is 15.5. The van der Waals surface area contributed by atoms with E-state index in [0.717, 1.165) is 22.0 Å². The van der Waals surface area contributed by atoms with Gasteiger partial charge in [-0.05, 0) is 31.2 Å². The zero-order chi connectivity index (χ0) is 18.7. The molecule has 1 saturated heterocycles. The molecule has 2 aliphatic heterocycles. The van der Waals surface area contributed by atoms with E-state index < -0.39 is 6.04 Å². The second-order valence-electron chi connectivity index (χ2n) is 6.84. The quantitative estimate of drug-likeness (QED) is 0.763. The highest BCUT2D eigenvalue weighted by molar-refractivity contribution is 6.18. The van der Waals surface area contributed by atoms with Crippen LogP contribution in [0, 0.1) is 6.92 Å². The first-order valence-corrected chi connectivity index (χ1v) is 8.36. The third-order valence-electron chi connectivity index (χ3n) is 4.95. The summed E-state index contributed by atoms with van der Waals surface area (Å²) in [7, 11) is 7.14. The number of rotatable bonds is 2. The number of hydrogen-bond donors (Lipinski definition) is 0. The van der Waals surface area contributed by atoms with Crippen molar-refractivity contribution in [1.82, 2.24) is 14.4 Å². The number of aromatic nitrogens is 2. The number of anilines is 1. The first-order chi connectivity index (χ1) is 12.3. The van der Waals surface area contributed by atoms with Crippen molar-refractivity contribution in [3.63, 3.8) is 0 Å². The second-order valence-corrected chi connectivity index (χ2v) is 6.84. The molecule has 1 fully saturated rings. The maximum Gasteiger partial charge on any atom is 0.406 e. The van der Waals surface area contributed by atoms with Gasteiger partial charge in [-0.1, -0.05) is 4.99 Å². The lowest BCUT2D eigenvalue weighted by Gasteiger charge is -2.30. The fourth-order valence-electron chi connectivity index (χ4n) is 3.48. The fraction of sp³-hybridized carbons (Fsp3) is 0.333. The minimum absolute atomic E-state index is 0.268. The van der Waals surface area contributed by atoms with E-state index in [-0.39, 0.29) is 11.9 Å². The number of urea groups is 1. The van der Waals surface area contributed by atoms with Gasteiger partial charge in [0.05, 0.1) is 0 Å². The Kier molecular flexibility index (Phi) is 3.40. The van der Waals surface area contributed by atoms with Crippen LogP contribution in [0.5, 0.6) is 0 Å². The van der Waals surface area contributed by atoms with E-state index in [1.807, 2.05) is 65.5 Å². The van der Waals surface area contributed by atoms with Crippen molar-refractivity contribution in [2.45, 2.75) is 13.0 Å². The van der Waals surface area contributed by atoms with E-state index in [1.54, 1.807) is 7.05 Å². The van der Waals surface area contributed by atoms with E-state index in [1.165, 1.54) is 11.9 Å². The molecule has 1 unspecified atom stereocenters. The third kappa shape index (κ3) is 2.08. The molecule has 26 heavy (non-hydrogen) atoms. The van der Waals surface area contributed by atoms with Crippen molar-refractivity contribution >= 4 is 29.4 Å². The van der Waals surface area contributed by atoms with Gasteiger partial charge < -0.3 is 4.90 Å². The maximum atomic E-state index is 12.7. The Hall–Kier alpha value is -3.16. The van der Waals surface area contributed by atoms with Gasteiger partial charge in [-0.25, -0.2) is 9.36 Å². The van der Waals surface area contributed by atoms with Crippen LogP contribution in [0.15, 0.2) is 35.5 Å². The highest BCUT2D eigenvalue weighted by Gasteiger charge is 2.52. The van der Waals surface area contributed by atoms with E-state index in [9.17, 15) is 9.59 Å². The van der Waals surface area contributed by atoms with Gasteiger partial charge in [-0.2, -0.15) is 4.57 Å². The van der Waals surface area contributed by atoms with Crippen molar-refractivity contribution in [3.05, 3.63) is 36.2 Å². The smallest absolute Gasteiger partial charge is 0.378 e. The van der Waals surface area contributed by atoms with Crippen molar-refractivity contribution < 1.29 is 14.2 Å². The van der Waals surface area contributed by atoms with Gasteiger partial charge in [-0.3, -0.25) is 14.6 Å². The van der Waals surface area contributed by atoms with Crippen molar-refractivity contribution in [1.29, 1.82) is 0 Å². The average Bonchev–Trinajstić information content (AvgIpc) is 3.12. The van der Waals surface area contributed by atoms with Gasteiger partial charge in [0.25, 0.3) is 5.91 Å². The largest absolute Gasteiger partial charge is 0.406 e. The average molecular weight is 353 g/mol. The second kappa shape index (κ2) is 5.42. The molecule has 134 valence electrons. The van der Waals surface area contributed by atoms with Crippen LogP contribution < -0.4 is 9.47 Å². The number of aliphatic imine (C=N–C) groups is 1.